The van der Waals surface area contributed by atoms with Gasteiger partial charge in [0.15, 0.2) is 0 Å². The first-order chi connectivity index (χ1) is 12.7. The summed E-state index contributed by atoms with van der Waals surface area (Å²) in [5.41, 5.74) is 2.92. The van der Waals surface area contributed by atoms with Crippen LogP contribution in [-0.4, -0.2) is 10.5 Å². The predicted molar refractivity (Wildman–Crippen MR) is 101 cm³/mol. The van der Waals surface area contributed by atoms with Gasteiger partial charge in [-0.3, -0.25) is 9.59 Å². The molecule has 128 valence electrons. The van der Waals surface area contributed by atoms with Crippen LogP contribution in [0.15, 0.2) is 88.4 Å². The van der Waals surface area contributed by atoms with Gasteiger partial charge < -0.3 is 14.3 Å². The summed E-state index contributed by atoms with van der Waals surface area (Å²) in [6, 6.07) is 20.7. The highest BCUT2D eigenvalue weighted by atomic mass is 16.3. The largest absolute Gasteiger partial charge is 0.464 e. The van der Waals surface area contributed by atoms with Crippen molar-refractivity contribution in [1.29, 1.82) is 0 Å². The molecule has 0 fully saturated rings. The molecule has 2 aromatic heterocycles. The van der Waals surface area contributed by atoms with Crippen molar-refractivity contribution in [2.45, 2.75) is 6.54 Å². The number of para-hydroxylation sites is 1. The van der Waals surface area contributed by atoms with Gasteiger partial charge in [0.1, 0.15) is 12.1 Å². The Bertz CT molecular complexity index is 1130. The van der Waals surface area contributed by atoms with Crippen molar-refractivity contribution in [3.05, 3.63) is 89.5 Å². The van der Waals surface area contributed by atoms with E-state index in [0.29, 0.717) is 16.7 Å². The van der Waals surface area contributed by atoms with Crippen molar-refractivity contribution in [3.8, 4) is 11.1 Å². The van der Waals surface area contributed by atoms with Gasteiger partial charge in [-0.2, -0.15) is 0 Å². The summed E-state index contributed by atoms with van der Waals surface area (Å²) < 4.78 is 6.58. The van der Waals surface area contributed by atoms with Gasteiger partial charge in [0.25, 0.3) is 5.56 Å². The predicted octanol–water partition coefficient (Wildman–Crippen LogP) is 3.90. The molecule has 4 aromatic rings. The minimum atomic E-state index is -0.265. The third-order valence-corrected chi connectivity index (χ3v) is 4.19. The summed E-state index contributed by atoms with van der Waals surface area (Å²) in [5, 5.41) is 3.37. The van der Waals surface area contributed by atoms with Gasteiger partial charge in [0.2, 0.25) is 5.91 Å². The van der Waals surface area contributed by atoms with E-state index in [1.807, 2.05) is 54.6 Å². The third kappa shape index (κ3) is 3.02. The number of aromatic nitrogens is 1. The average molecular weight is 344 g/mol. The molecule has 0 spiro atoms. The first-order valence-electron chi connectivity index (χ1n) is 8.23. The molecule has 4 rings (SSSR count). The number of carbonyl (C=O) groups excluding carboxylic acids is 1. The Hall–Kier alpha value is -3.60. The number of furan rings is 1. The van der Waals surface area contributed by atoms with Crippen molar-refractivity contribution in [1.82, 2.24) is 4.57 Å². The summed E-state index contributed by atoms with van der Waals surface area (Å²) >= 11 is 0. The molecule has 5 nitrogen and oxygen atoms in total. The van der Waals surface area contributed by atoms with Crippen LogP contribution in [0.25, 0.3) is 22.1 Å². The van der Waals surface area contributed by atoms with E-state index in [-0.39, 0.29) is 18.0 Å². The van der Waals surface area contributed by atoms with Crippen LogP contribution in [0.1, 0.15) is 0 Å². The van der Waals surface area contributed by atoms with E-state index < -0.39 is 0 Å². The summed E-state index contributed by atoms with van der Waals surface area (Å²) in [6.45, 7) is -0.0664. The Morgan fingerprint density at radius 2 is 1.73 bits per heavy atom. The number of anilines is 1. The second-order valence-electron chi connectivity index (χ2n) is 5.91. The fraction of sp³-hybridized carbons (Fsp3) is 0.0476. The second-order valence-corrected chi connectivity index (χ2v) is 5.91. The highest BCUT2D eigenvalue weighted by molar-refractivity contribution is 5.95. The zero-order valence-electron chi connectivity index (χ0n) is 13.9. The molecule has 1 amide bonds. The monoisotopic (exact) mass is 344 g/mol. The summed E-state index contributed by atoms with van der Waals surface area (Å²) in [4.78, 5) is 24.9. The van der Waals surface area contributed by atoms with Crippen molar-refractivity contribution < 1.29 is 9.21 Å². The van der Waals surface area contributed by atoms with Crippen LogP contribution in [-0.2, 0) is 11.3 Å². The van der Waals surface area contributed by atoms with Gasteiger partial charge in [-0.1, -0.05) is 48.5 Å². The van der Waals surface area contributed by atoms with Gasteiger partial charge in [-0.05, 0) is 23.8 Å². The fourth-order valence-electron chi connectivity index (χ4n) is 2.94. The van der Waals surface area contributed by atoms with Crippen LogP contribution in [0.4, 0.5) is 5.69 Å². The van der Waals surface area contributed by atoms with E-state index in [0.717, 1.165) is 11.1 Å². The number of nitrogens with one attached hydrogen (secondary N) is 1. The molecule has 0 atom stereocenters. The topological polar surface area (TPSA) is 64.2 Å². The Labute approximate surface area is 149 Å². The number of fused-ring (bicyclic) bond motifs is 1. The minimum Gasteiger partial charge on any atom is -0.464 e. The maximum atomic E-state index is 12.5. The van der Waals surface area contributed by atoms with E-state index in [2.05, 4.69) is 5.32 Å². The number of benzene rings is 2. The van der Waals surface area contributed by atoms with E-state index in [9.17, 15) is 9.59 Å². The smallest absolute Gasteiger partial charge is 0.262 e. The zero-order chi connectivity index (χ0) is 17.9. The molecule has 0 aliphatic rings. The van der Waals surface area contributed by atoms with Crippen molar-refractivity contribution in [2.24, 2.45) is 0 Å². The van der Waals surface area contributed by atoms with Crippen LogP contribution in [0, 0.1) is 0 Å². The molecule has 0 unspecified atom stereocenters. The van der Waals surface area contributed by atoms with Crippen LogP contribution in [0.2, 0.25) is 0 Å². The van der Waals surface area contributed by atoms with Gasteiger partial charge in [-0.15, -0.1) is 0 Å². The summed E-state index contributed by atoms with van der Waals surface area (Å²) in [6.07, 6.45) is 3.03. The molecule has 2 heterocycles. The standard InChI is InChI=1S/C21H16N2O3/c24-20(14-23-12-10-19-17(21(23)25)11-13-26-19)22-18-9-5-4-8-16(18)15-6-2-1-3-7-15/h1-13H,14H2,(H,22,24). The Morgan fingerprint density at radius 1 is 0.962 bits per heavy atom. The van der Waals surface area contributed by atoms with Crippen molar-refractivity contribution >= 4 is 22.6 Å². The quantitative estimate of drug-likeness (QED) is 0.611. The number of pyridine rings is 1. The Kier molecular flexibility index (Phi) is 4.11. The molecule has 0 saturated carbocycles. The van der Waals surface area contributed by atoms with E-state index in [1.165, 1.54) is 10.8 Å². The first-order valence-corrected chi connectivity index (χ1v) is 8.23. The summed E-state index contributed by atoms with van der Waals surface area (Å²) in [5.74, 6) is -0.265. The Morgan fingerprint density at radius 3 is 2.58 bits per heavy atom. The minimum absolute atomic E-state index is 0.0664. The van der Waals surface area contributed by atoms with Crippen LogP contribution in [0.5, 0.6) is 0 Å². The maximum Gasteiger partial charge on any atom is 0.262 e. The normalized spacial score (nSPS) is 10.8. The van der Waals surface area contributed by atoms with Crippen molar-refractivity contribution in [3.63, 3.8) is 0 Å². The molecule has 0 aliphatic carbocycles. The van der Waals surface area contributed by atoms with Crippen LogP contribution < -0.4 is 10.9 Å². The fourth-order valence-corrected chi connectivity index (χ4v) is 2.94. The lowest BCUT2D eigenvalue weighted by molar-refractivity contribution is -0.116. The molecular formula is C21H16N2O3. The molecule has 0 aliphatic heterocycles. The first kappa shape index (κ1) is 15.9. The molecule has 2 aromatic carbocycles. The zero-order valence-corrected chi connectivity index (χ0v) is 13.9. The molecule has 1 N–H and O–H groups in total. The average Bonchev–Trinajstić information content (AvgIpc) is 3.15. The molecule has 0 bridgehead atoms. The Balaban J connectivity index is 1.59. The lowest BCUT2D eigenvalue weighted by atomic mass is 10.0. The maximum absolute atomic E-state index is 12.5. The van der Waals surface area contributed by atoms with Gasteiger partial charge in [0.05, 0.1) is 11.6 Å². The van der Waals surface area contributed by atoms with Gasteiger partial charge in [-0.25, -0.2) is 0 Å². The molecule has 5 heteroatoms. The SMILES string of the molecule is O=C(Cn1ccc2occc2c1=O)Nc1ccccc1-c1ccccc1. The number of rotatable bonds is 4. The molecular weight excluding hydrogens is 328 g/mol. The summed E-state index contributed by atoms with van der Waals surface area (Å²) in [7, 11) is 0. The lowest BCUT2D eigenvalue weighted by Gasteiger charge is -2.12. The van der Waals surface area contributed by atoms with Crippen molar-refractivity contribution in [2.75, 3.05) is 5.32 Å². The highest BCUT2D eigenvalue weighted by Crippen LogP contribution is 2.27. The van der Waals surface area contributed by atoms with Crippen LogP contribution in [0.3, 0.4) is 0 Å². The van der Waals surface area contributed by atoms with Crippen LogP contribution >= 0.6 is 0 Å². The molecule has 0 saturated heterocycles. The number of hydrogen-bond donors (Lipinski definition) is 1. The number of nitrogens with zero attached hydrogens (tertiary/aromatic N) is 1. The van der Waals surface area contributed by atoms with Gasteiger partial charge >= 0.3 is 0 Å². The number of hydrogen-bond acceptors (Lipinski definition) is 3. The second kappa shape index (κ2) is 6.72. The third-order valence-electron chi connectivity index (χ3n) is 4.19. The van der Waals surface area contributed by atoms with E-state index in [1.54, 1.807) is 18.3 Å². The molecule has 0 radical (unpaired) electrons. The molecule has 26 heavy (non-hydrogen) atoms. The number of amides is 1. The van der Waals surface area contributed by atoms with Gasteiger partial charge in [0, 0.05) is 17.4 Å². The lowest BCUT2D eigenvalue weighted by Crippen LogP contribution is -2.27. The van der Waals surface area contributed by atoms with E-state index >= 15 is 0 Å². The number of carbonyl (C=O) groups is 1. The van der Waals surface area contributed by atoms with E-state index in [4.69, 9.17) is 4.42 Å². The highest BCUT2D eigenvalue weighted by Gasteiger charge is 2.11.